The Morgan fingerprint density at radius 1 is 1.26 bits per heavy atom. The SMILES string of the molecule is Nc1ccccc1CNC(=O)c1ccc(Br)c(Cl)c1. The highest BCUT2D eigenvalue weighted by atomic mass is 79.9. The molecule has 0 radical (unpaired) electrons. The van der Waals surface area contributed by atoms with E-state index in [1.807, 2.05) is 18.2 Å². The maximum Gasteiger partial charge on any atom is 0.251 e. The maximum absolute atomic E-state index is 12.0. The summed E-state index contributed by atoms with van der Waals surface area (Å²) >= 11 is 9.24. The minimum Gasteiger partial charge on any atom is -0.398 e. The van der Waals surface area contributed by atoms with Gasteiger partial charge in [-0.3, -0.25) is 4.79 Å². The van der Waals surface area contributed by atoms with Gasteiger partial charge in [-0.25, -0.2) is 0 Å². The van der Waals surface area contributed by atoms with Crippen molar-refractivity contribution in [2.45, 2.75) is 6.54 Å². The second kappa shape index (κ2) is 6.08. The summed E-state index contributed by atoms with van der Waals surface area (Å²) in [6.07, 6.45) is 0. The van der Waals surface area contributed by atoms with Crippen molar-refractivity contribution < 1.29 is 4.79 Å². The summed E-state index contributed by atoms with van der Waals surface area (Å²) in [7, 11) is 0. The van der Waals surface area contributed by atoms with Crippen molar-refractivity contribution in [3.05, 3.63) is 63.1 Å². The van der Waals surface area contributed by atoms with E-state index < -0.39 is 0 Å². The molecule has 0 saturated heterocycles. The second-order valence-corrected chi connectivity index (χ2v) is 5.27. The molecule has 2 aromatic carbocycles. The van der Waals surface area contributed by atoms with Crippen LogP contribution in [0, 0.1) is 0 Å². The van der Waals surface area contributed by atoms with Crippen LogP contribution in [-0.4, -0.2) is 5.91 Å². The van der Waals surface area contributed by atoms with Gasteiger partial charge in [-0.1, -0.05) is 29.8 Å². The fourth-order valence-electron chi connectivity index (χ4n) is 1.61. The van der Waals surface area contributed by atoms with Gasteiger partial charge in [-0.15, -0.1) is 0 Å². The molecular formula is C14H12BrClN2O. The molecule has 0 unspecified atom stereocenters. The number of nitrogens with two attached hydrogens (primary N) is 1. The van der Waals surface area contributed by atoms with Gasteiger partial charge in [0.1, 0.15) is 0 Å². The number of nitrogens with one attached hydrogen (secondary N) is 1. The van der Waals surface area contributed by atoms with E-state index in [2.05, 4.69) is 21.2 Å². The van der Waals surface area contributed by atoms with E-state index in [1.165, 1.54) is 0 Å². The molecule has 98 valence electrons. The maximum atomic E-state index is 12.0. The van der Waals surface area contributed by atoms with Crippen LogP contribution in [0.25, 0.3) is 0 Å². The molecule has 2 aromatic rings. The Morgan fingerprint density at radius 2 is 2.00 bits per heavy atom. The number of para-hydroxylation sites is 1. The normalized spacial score (nSPS) is 10.2. The van der Waals surface area contributed by atoms with E-state index in [9.17, 15) is 4.79 Å². The molecule has 0 bridgehead atoms. The van der Waals surface area contributed by atoms with Crippen molar-refractivity contribution in [1.29, 1.82) is 0 Å². The first-order valence-electron chi connectivity index (χ1n) is 5.64. The van der Waals surface area contributed by atoms with Crippen molar-refractivity contribution in [3.63, 3.8) is 0 Å². The monoisotopic (exact) mass is 338 g/mol. The van der Waals surface area contributed by atoms with Gasteiger partial charge >= 0.3 is 0 Å². The van der Waals surface area contributed by atoms with Crippen LogP contribution in [0.3, 0.4) is 0 Å². The number of benzene rings is 2. The van der Waals surface area contributed by atoms with Gasteiger partial charge in [0.2, 0.25) is 0 Å². The molecule has 0 atom stereocenters. The zero-order chi connectivity index (χ0) is 13.8. The van der Waals surface area contributed by atoms with E-state index in [4.69, 9.17) is 17.3 Å². The fraction of sp³-hybridized carbons (Fsp3) is 0.0714. The van der Waals surface area contributed by atoms with Gasteiger partial charge in [0.15, 0.2) is 0 Å². The van der Waals surface area contributed by atoms with Crippen LogP contribution in [0.4, 0.5) is 5.69 Å². The summed E-state index contributed by atoms with van der Waals surface area (Å²) in [5, 5.41) is 3.32. The largest absolute Gasteiger partial charge is 0.398 e. The van der Waals surface area contributed by atoms with E-state index in [0.717, 1.165) is 10.0 Å². The van der Waals surface area contributed by atoms with E-state index >= 15 is 0 Å². The molecule has 0 aliphatic carbocycles. The zero-order valence-corrected chi connectivity index (χ0v) is 12.3. The smallest absolute Gasteiger partial charge is 0.251 e. The van der Waals surface area contributed by atoms with Crippen molar-refractivity contribution in [1.82, 2.24) is 5.32 Å². The highest BCUT2D eigenvalue weighted by molar-refractivity contribution is 9.10. The molecule has 0 fully saturated rings. The first-order valence-corrected chi connectivity index (χ1v) is 6.81. The fourth-order valence-corrected chi connectivity index (χ4v) is 2.04. The molecule has 5 heteroatoms. The number of carbonyl (C=O) groups is 1. The lowest BCUT2D eigenvalue weighted by Crippen LogP contribution is -2.23. The van der Waals surface area contributed by atoms with Crippen LogP contribution in [0.2, 0.25) is 5.02 Å². The predicted octanol–water partition coefficient (Wildman–Crippen LogP) is 3.61. The number of halogens is 2. The first-order chi connectivity index (χ1) is 9.08. The van der Waals surface area contributed by atoms with Gasteiger partial charge < -0.3 is 11.1 Å². The van der Waals surface area contributed by atoms with Gasteiger partial charge in [0, 0.05) is 22.3 Å². The second-order valence-electron chi connectivity index (χ2n) is 4.01. The van der Waals surface area contributed by atoms with Crippen molar-refractivity contribution >= 4 is 39.1 Å². The number of hydrogen-bond donors (Lipinski definition) is 2. The minimum absolute atomic E-state index is 0.183. The number of carbonyl (C=O) groups excluding carboxylic acids is 1. The number of anilines is 1. The van der Waals surface area contributed by atoms with E-state index in [1.54, 1.807) is 24.3 Å². The Kier molecular flexibility index (Phi) is 4.45. The molecule has 0 saturated carbocycles. The summed E-state index contributed by atoms with van der Waals surface area (Å²) < 4.78 is 0.762. The molecule has 0 aliphatic heterocycles. The van der Waals surface area contributed by atoms with Crippen molar-refractivity contribution in [2.24, 2.45) is 0 Å². The third-order valence-electron chi connectivity index (χ3n) is 2.68. The number of hydrogen-bond acceptors (Lipinski definition) is 2. The minimum atomic E-state index is -0.183. The van der Waals surface area contributed by atoms with Crippen LogP contribution >= 0.6 is 27.5 Å². The number of amides is 1. The Labute approximate surface area is 124 Å². The molecule has 2 rings (SSSR count). The molecule has 0 aliphatic rings. The molecule has 19 heavy (non-hydrogen) atoms. The average molecular weight is 340 g/mol. The molecule has 3 N–H and O–H groups in total. The molecule has 1 amide bonds. The Bertz CT molecular complexity index is 616. The Hall–Kier alpha value is -1.52. The van der Waals surface area contributed by atoms with Crippen molar-refractivity contribution in [2.75, 3.05) is 5.73 Å². The summed E-state index contributed by atoms with van der Waals surface area (Å²) in [4.78, 5) is 12.0. The highest BCUT2D eigenvalue weighted by Gasteiger charge is 2.08. The molecule has 0 spiro atoms. The number of rotatable bonds is 3. The van der Waals surface area contributed by atoms with Crippen molar-refractivity contribution in [3.8, 4) is 0 Å². The first kappa shape index (κ1) is 13.9. The predicted molar refractivity (Wildman–Crippen MR) is 81.2 cm³/mol. The Morgan fingerprint density at radius 3 is 2.68 bits per heavy atom. The summed E-state index contributed by atoms with van der Waals surface area (Å²) in [5.41, 5.74) is 7.88. The van der Waals surface area contributed by atoms with Crippen LogP contribution in [-0.2, 0) is 6.54 Å². The van der Waals surface area contributed by atoms with Crippen LogP contribution < -0.4 is 11.1 Å². The lowest BCUT2D eigenvalue weighted by molar-refractivity contribution is 0.0951. The third kappa shape index (κ3) is 3.49. The van der Waals surface area contributed by atoms with Gasteiger partial charge in [-0.2, -0.15) is 0 Å². The quantitative estimate of drug-likeness (QED) is 0.839. The zero-order valence-electron chi connectivity index (χ0n) is 9.99. The van der Waals surface area contributed by atoms with Gasteiger partial charge in [0.05, 0.1) is 5.02 Å². The van der Waals surface area contributed by atoms with Gasteiger partial charge in [-0.05, 0) is 45.8 Å². The van der Waals surface area contributed by atoms with Crippen LogP contribution in [0.15, 0.2) is 46.9 Å². The lowest BCUT2D eigenvalue weighted by atomic mass is 10.1. The van der Waals surface area contributed by atoms with E-state index in [0.29, 0.717) is 22.8 Å². The molecule has 0 aromatic heterocycles. The summed E-state index contributed by atoms with van der Waals surface area (Å²) in [6.45, 7) is 0.388. The molecule has 3 nitrogen and oxygen atoms in total. The highest BCUT2D eigenvalue weighted by Crippen LogP contribution is 2.23. The average Bonchev–Trinajstić information content (AvgIpc) is 2.40. The topological polar surface area (TPSA) is 55.1 Å². The third-order valence-corrected chi connectivity index (χ3v) is 3.91. The summed E-state index contributed by atoms with van der Waals surface area (Å²) in [5.74, 6) is -0.183. The van der Waals surface area contributed by atoms with E-state index in [-0.39, 0.29) is 5.91 Å². The van der Waals surface area contributed by atoms with Gasteiger partial charge in [0.25, 0.3) is 5.91 Å². The Balaban J connectivity index is 2.05. The molecular weight excluding hydrogens is 328 g/mol. The standard InChI is InChI=1S/C14H12BrClN2O/c15-11-6-5-9(7-12(11)16)14(19)18-8-10-3-1-2-4-13(10)17/h1-7H,8,17H2,(H,18,19). The number of nitrogen functional groups attached to an aromatic ring is 1. The molecule has 0 heterocycles. The lowest BCUT2D eigenvalue weighted by Gasteiger charge is -2.08. The summed E-state index contributed by atoms with van der Waals surface area (Å²) in [6, 6.07) is 12.5. The van der Waals surface area contributed by atoms with Crippen LogP contribution in [0.1, 0.15) is 15.9 Å². The van der Waals surface area contributed by atoms with Crippen LogP contribution in [0.5, 0.6) is 0 Å².